The SMILES string of the molecule is CN1CCN(c2ccc(C(=O)CC=O)cc2)CC1. The molecule has 0 bridgehead atoms. The first-order valence-corrected chi connectivity index (χ1v) is 6.21. The molecule has 0 amide bonds. The van der Waals surface area contributed by atoms with Gasteiger partial charge in [-0.15, -0.1) is 0 Å². The van der Waals surface area contributed by atoms with E-state index in [2.05, 4.69) is 16.8 Å². The Hall–Kier alpha value is -1.68. The molecule has 1 aliphatic heterocycles. The highest BCUT2D eigenvalue weighted by Crippen LogP contribution is 2.17. The Morgan fingerprint density at radius 2 is 1.78 bits per heavy atom. The Morgan fingerprint density at radius 3 is 2.33 bits per heavy atom. The van der Waals surface area contributed by atoms with Gasteiger partial charge in [-0.1, -0.05) is 0 Å². The Morgan fingerprint density at radius 1 is 1.17 bits per heavy atom. The molecule has 1 heterocycles. The molecular formula is C14H18N2O2. The second-order valence-electron chi connectivity index (χ2n) is 4.63. The third-order valence-electron chi connectivity index (χ3n) is 3.33. The van der Waals surface area contributed by atoms with E-state index in [1.807, 2.05) is 12.1 Å². The Kier molecular flexibility index (Phi) is 4.10. The molecule has 0 N–H and O–H groups in total. The van der Waals surface area contributed by atoms with Crippen molar-refractivity contribution < 1.29 is 9.59 Å². The van der Waals surface area contributed by atoms with Crippen molar-refractivity contribution in [3.8, 4) is 0 Å². The highest BCUT2D eigenvalue weighted by molar-refractivity contribution is 6.02. The van der Waals surface area contributed by atoms with Crippen molar-refractivity contribution in [3.05, 3.63) is 29.8 Å². The number of ketones is 1. The topological polar surface area (TPSA) is 40.6 Å². The van der Waals surface area contributed by atoms with Gasteiger partial charge in [0.05, 0.1) is 6.42 Å². The third kappa shape index (κ3) is 2.96. The molecule has 1 saturated heterocycles. The van der Waals surface area contributed by atoms with Crippen LogP contribution in [0, 0.1) is 0 Å². The van der Waals surface area contributed by atoms with Gasteiger partial charge in [-0.25, -0.2) is 0 Å². The first kappa shape index (κ1) is 12.8. The van der Waals surface area contributed by atoms with Crippen molar-refractivity contribution in [2.45, 2.75) is 6.42 Å². The molecule has 0 unspecified atom stereocenters. The molecule has 4 nitrogen and oxygen atoms in total. The van der Waals surface area contributed by atoms with Crippen molar-refractivity contribution in [2.75, 3.05) is 38.1 Å². The fourth-order valence-electron chi connectivity index (χ4n) is 2.12. The number of Topliss-reactive ketones (excluding diaryl/α,β-unsaturated/α-hetero) is 1. The second kappa shape index (κ2) is 5.78. The summed E-state index contributed by atoms with van der Waals surface area (Å²) in [5, 5.41) is 0. The number of likely N-dealkylation sites (N-methyl/N-ethyl adjacent to an activating group) is 1. The number of aldehydes is 1. The molecule has 1 fully saturated rings. The van der Waals surface area contributed by atoms with Crippen LogP contribution in [0.15, 0.2) is 24.3 Å². The van der Waals surface area contributed by atoms with Gasteiger partial charge in [-0.05, 0) is 31.3 Å². The van der Waals surface area contributed by atoms with Crippen molar-refractivity contribution in [1.29, 1.82) is 0 Å². The predicted octanol–water partition coefficient (Wildman–Crippen LogP) is 1.21. The van der Waals surface area contributed by atoms with Gasteiger partial charge in [0.2, 0.25) is 0 Å². The predicted molar refractivity (Wildman–Crippen MR) is 71.2 cm³/mol. The molecule has 1 aromatic carbocycles. The summed E-state index contributed by atoms with van der Waals surface area (Å²) in [6, 6.07) is 7.53. The molecule has 0 aromatic heterocycles. The number of carbonyl (C=O) groups excluding carboxylic acids is 2. The summed E-state index contributed by atoms with van der Waals surface area (Å²) >= 11 is 0. The van der Waals surface area contributed by atoms with Gasteiger partial charge in [0.25, 0.3) is 0 Å². The first-order chi connectivity index (χ1) is 8.70. The van der Waals surface area contributed by atoms with E-state index in [0.717, 1.165) is 31.9 Å². The molecule has 96 valence electrons. The third-order valence-corrected chi connectivity index (χ3v) is 3.33. The molecule has 1 aliphatic rings. The monoisotopic (exact) mass is 246 g/mol. The van der Waals surface area contributed by atoms with Crippen LogP contribution in [0.5, 0.6) is 0 Å². The van der Waals surface area contributed by atoms with Crippen molar-refractivity contribution in [1.82, 2.24) is 4.90 Å². The maximum atomic E-state index is 11.5. The largest absolute Gasteiger partial charge is 0.369 e. The lowest BCUT2D eigenvalue weighted by molar-refractivity contribution is -0.107. The number of hydrogen-bond donors (Lipinski definition) is 0. The van der Waals surface area contributed by atoms with Crippen molar-refractivity contribution in [2.24, 2.45) is 0 Å². The lowest BCUT2D eigenvalue weighted by Gasteiger charge is -2.34. The minimum atomic E-state index is -0.116. The average molecular weight is 246 g/mol. The van der Waals surface area contributed by atoms with E-state index in [1.165, 1.54) is 0 Å². The molecule has 18 heavy (non-hydrogen) atoms. The molecular weight excluding hydrogens is 228 g/mol. The van der Waals surface area contributed by atoms with Gasteiger partial charge in [0.1, 0.15) is 6.29 Å². The zero-order valence-corrected chi connectivity index (χ0v) is 10.6. The quantitative estimate of drug-likeness (QED) is 0.455. The fraction of sp³-hybridized carbons (Fsp3) is 0.429. The lowest BCUT2D eigenvalue weighted by atomic mass is 10.1. The molecule has 0 aliphatic carbocycles. The normalized spacial score (nSPS) is 16.6. The highest BCUT2D eigenvalue weighted by atomic mass is 16.1. The van der Waals surface area contributed by atoms with E-state index in [4.69, 9.17) is 0 Å². The Labute approximate surface area is 107 Å². The van der Waals surface area contributed by atoms with Gasteiger partial charge in [0.15, 0.2) is 5.78 Å². The van der Waals surface area contributed by atoms with Gasteiger partial charge in [-0.2, -0.15) is 0 Å². The van der Waals surface area contributed by atoms with E-state index in [-0.39, 0.29) is 12.2 Å². The average Bonchev–Trinajstić information content (AvgIpc) is 2.40. The van der Waals surface area contributed by atoms with Gasteiger partial charge < -0.3 is 14.6 Å². The second-order valence-corrected chi connectivity index (χ2v) is 4.63. The molecule has 0 radical (unpaired) electrons. The summed E-state index contributed by atoms with van der Waals surface area (Å²) in [7, 11) is 2.12. The van der Waals surface area contributed by atoms with Crippen LogP contribution >= 0.6 is 0 Å². The van der Waals surface area contributed by atoms with E-state index in [9.17, 15) is 9.59 Å². The molecule has 2 rings (SSSR count). The van der Waals surface area contributed by atoms with E-state index in [1.54, 1.807) is 12.1 Å². The van der Waals surface area contributed by atoms with Crippen LogP contribution in [0.25, 0.3) is 0 Å². The van der Waals surface area contributed by atoms with Crippen molar-refractivity contribution >= 4 is 17.8 Å². The molecule has 4 heteroatoms. The van der Waals surface area contributed by atoms with Crippen LogP contribution in [0.2, 0.25) is 0 Å². The highest BCUT2D eigenvalue weighted by Gasteiger charge is 2.14. The minimum absolute atomic E-state index is 0.0339. The number of nitrogens with zero attached hydrogens (tertiary/aromatic N) is 2. The fourth-order valence-corrected chi connectivity index (χ4v) is 2.12. The Balaban J connectivity index is 2.03. The summed E-state index contributed by atoms with van der Waals surface area (Å²) in [6.45, 7) is 4.15. The van der Waals surface area contributed by atoms with Crippen LogP contribution < -0.4 is 4.90 Å². The summed E-state index contributed by atoms with van der Waals surface area (Å²) in [6.07, 6.45) is 0.616. The number of hydrogen-bond acceptors (Lipinski definition) is 4. The molecule has 0 atom stereocenters. The summed E-state index contributed by atoms with van der Waals surface area (Å²) in [5.41, 5.74) is 1.76. The van der Waals surface area contributed by atoms with E-state index >= 15 is 0 Å². The van der Waals surface area contributed by atoms with Gasteiger partial charge in [0, 0.05) is 37.4 Å². The van der Waals surface area contributed by atoms with Gasteiger partial charge >= 0.3 is 0 Å². The van der Waals surface area contributed by atoms with Crippen LogP contribution in [0.3, 0.4) is 0 Å². The van der Waals surface area contributed by atoms with Gasteiger partial charge in [-0.3, -0.25) is 4.79 Å². The number of anilines is 1. The maximum Gasteiger partial charge on any atom is 0.169 e. The standard InChI is InChI=1S/C14H18N2O2/c1-15-7-9-16(10-8-15)13-4-2-12(3-5-13)14(18)6-11-17/h2-5,11H,6-10H2,1H3. The number of piperazine rings is 1. The molecule has 0 saturated carbocycles. The number of rotatable bonds is 4. The van der Waals surface area contributed by atoms with Crippen LogP contribution in [-0.4, -0.2) is 50.2 Å². The van der Waals surface area contributed by atoms with E-state index < -0.39 is 0 Å². The molecule has 1 aromatic rings. The van der Waals surface area contributed by atoms with Crippen LogP contribution in [0.1, 0.15) is 16.8 Å². The summed E-state index contributed by atoms with van der Waals surface area (Å²) < 4.78 is 0. The van der Waals surface area contributed by atoms with Crippen molar-refractivity contribution in [3.63, 3.8) is 0 Å². The smallest absolute Gasteiger partial charge is 0.169 e. The number of benzene rings is 1. The Bertz CT molecular complexity index is 420. The summed E-state index contributed by atoms with van der Waals surface area (Å²) in [5.74, 6) is -0.116. The first-order valence-electron chi connectivity index (χ1n) is 6.21. The van der Waals surface area contributed by atoms with E-state index in [0.29, 0.717) is 11.8 Å². The molecule has 0 spiro atoms. The lowest BCUT2D eigenvalue weighted by Crippen LogP contribution is -2.44. The number of carbonyl (C=O) groups is 2. The minimum Gasteiger partial charge on any atom is -0.369 e. The van der Waals surface area contributed by atoms with Crippen LogP contribution in [0.4, 0.5) is 5.69 Å². The zero-order chi connectivity index (χ0) is 13.0. The van der Waals surface area contributed by atoms with Crippen LogP contribution in [-0.2, 0) is 4.79 Å². The maximum absolute atomic E-state index is 11.5. The zero-order valence-electron chi connectivity index (χ0n) is 10.6. The summed E-state index contributed by atoms with van der Waals surface area (Å²) in [4.78, 5) is 26.4.